The summed E-state index contributed by atoms with van der Waals surface area (Å²) in [7, 11) is 0. The van der Waals surface area contributed by atoms with Crippen LogP contribution in [0.15, 0.2) is 0 Å². The van der Waals surface area contributed by atoms with E-state index in [1.807, 2.05) is 13.8 Å². The number of hydrogen-bond acceptors (Lipinski definition) is 3. The molecule has 72 valence electrons. The third-order valence-electron chi connectivity index (χ3n) is 0.781. The van der Waals surface area contributed by atoms with Crippen molar-refractivity contribution >= 4 is 11.9 Å². The van der Waals surface area contributed by atoms with E-state index in [1.54, 1.807) is 0 Å². The van der Waals surface area contributed by atoms with Gasteiger partial charge in [0.1, 0.15) is 6.61 Å². The number of carbonyl (C=O) groups excluding carboxylic acids is 2. The summed E-state index contributed by atoms with van der Waals surface area (Å²) < 4.78 is 4.54. The number of hydrogen-bond donors (Lipinski definition) is 1. The third-order valence-corrected chi connectivity index (χ3v) is 0.781. The second-order valence-electron chi connectivity index (χ2n) is 1.82. The maximum absolute atomic E-state index is 10.2. The van der Waals surface area contributed by atoms with Crippen LogP contribution in [0.1, 0.15) is 27.7 Å². The number of amides is 1. The maximum Gasteiger partial charge on any atom is 0.302 e. The molecule has 0 bridgehead atoms. The molecule has 0 unspecified atom stereocenters. The zero-order valence-electron chi connectivity index (χ0n) is 8.14. The van der Waals surface area contributed by atoms with Crippen LogP contribution in [0.3, 0.4) is 0 Å². The van der Waals surface area contributed by atoms with Gasteiger partial charge in [-0.05, 0) is 0 Å². The van der Waals surface area contributed by atoms with Crippen molar-refractivity contribution in [3.8, 4) is 0 Å². The SMILES string of the molecule is CC.CC(=O)NCCOC(C)=O. The molecule has 4 heteroatoms. The van der Waals surface area contributed by atoms with Crippen molar-refractivity contribution in [3.63, 3.8) is 0 Å². The minimum absolute atomic E-state index is 0.118. The largest absolute Gasteiger partial charge is 0.464 e. The van der Waals surface area contributed by atoms with E-state index in [0.717, 1.165) is 0 Å². The average molecular weight is 175 g/mol. The van der Waals surface area contributed by atoms with Crippen LogP contribution in [0.5, 0.6) is 0 Å². The molecule has 0 aromatic rings. The first kappa shape index (κ1) is 13.5. The Morgan fingerprint density at radius 3 is 2.08 bits per heavy atom. The Hall–Kier alpha value is -1.06. The van der Waals surface area contributed by atoms with Gasteiger partial charge in [0.15, 0.2) is 0 Å². The van der Waals surface area contributed by atoms with E-state index in [2.05, 4.69) is 10.1 Å². The second-order valence-corrected chi connectivity index (χ2v) is 1.82. The van der Waals surface area contributed by atoms with Crippen molar-refractivity contribution in [1.82, 2.24) is 5.32 Å². The van der Waals surface area contributed by atoms with Crippen LogP contribution in [0.25, 0.3) is 0 Å². The fourth-order valence-corrected chi connectivity index (χ4v) is 0.422. The van der Waals surface area contributed by atoms with E-state index >= 15 is 0 Å². The Morgan fingerprint density at radius 1 is 1.25 bits per heavy atom. The highest BCUT2D eigenvalue weighted by Gasteiger charge is 1.92. The van der Waals surface area contributed by atoms with Crippen LogP contribution < -0.4 is 5.32 Å². The number of nitrogens with one attached hydrogen (secondary N) is 1. The topological polar surface area (TPSA) is 55.4 Å². The second kappa shape index (κ2) is 9.94. The Kier molecular flexibility index (Phi) is 11.2. The monoisotopic (exact) mass is 175 g/mol. The van der Waals surface area contributed by atoms with Crippen LogP contribution >= 0.6 is 0 Å². The minimum Gasteiger partial charge on any atom is -0.464 e. The van der Waals surface area contributed by atoms with E-state index in [9.17, 15) is 9.59 Å². The molecule has 0 fully saturated rings. The maximum atomic E-state index is 10.2. The van der Waals surface area contributed by atoms with Crippen molar-refractivity contribution in [2.45, 2.75) is 27.7 Å². The molecule has 1 amide bonds. The molecule has 0 aromatic carbocycles. The number of ether oxygens (including phenoxy) is 1. The molecule has 0 aliphatic carbocycles. The molecule has 0 atom stereocenters. The molecule has 12 heavy (non-hydrogen) atoms. The first-order chi connectivity index (χ1) is 5.63. The molecule has 0 saturated carbocycles. The first-order valence-electron chi connectivity index (χ1n) is 4.00. The molecule has 0 heterocycles. The van der Waals surface area contributed by atoms with E-state index in [1.165, 1.54) is 13.8 Å². The smallest absolute Gasteiger partial charge is 0.302 e. The minimum atomic E-state index is -0.328. The highest BCUT2D eigenvalue weighted by atomic mass is 16.5. The Morgan fingerprint density at radius 2 is 1.75 bits per heavy atom. The molecule has 0 spiro atoms. The Bertz CT molecular complexity index is 118. The third kappa shape index (κ3) is 16.0. The molecular formula is C8H17NO3. The van der Waals surface area contributed by atoms with Gasteiger partial charge < -0.3 is 10.1 Å². The summed E-state index contributed by atoms with van der Waals surface area (Å²) in [6.45, 7) is 7.37. The summed E-state index contributed by atoms with van der Waals surface area (Å²) in [6, 6.07) is 0. The predicted octanol–water partition coefficient (Wildman–Crippen LogP) is 0.712. The van der Waals surface area contributed by atoms with Gasteiger partial charge in [-0.1, -0.05) is 13.8 Å². The summed E-state index contributed by atoms with van der Waals surface area (Å²) in [6.07, 6.45) is 0. The van der Waals surface area contributed by atoms with Gasteiger partial charge in [-0.25, -0.2) is 0 Å². The Labute approximate surface area is 73.3 Å². The molecule has 0 radical (unpaired) electrons. The predicted molar refractivity (Wildman–Crippen MR) is 46.7 cm³/mol. The van der Waals surface area contributed by atoms with Gasteiger partial charge in [0, 0.05) is 13.8 Å². The van der Waals surface area contributed by atoms with E-state index in [4.69, 9.17) is 0 Å². The van der Waals surface area contributed by atoms with Crippen molar-refractivity contribution in [1.29, 1.82) is 0 Å². The summed E-state index contributed by atoms with van der Waals surface area (Å²) in [5.41, 5.74) is 0. The lowest BCUT2D eigenvalue weighted by molar-refractivity contribution is -0.141. The molecule has 4 nitrogen and oxygen atoms in total. The van der Waals surface area contributed by atoms with Gasteiger partial charge in [0.25, 0.3) is 0 Å². The van der Waals surface area contributed by atoms with Gasteiger partial charge in [0.2, 0.25) is 5.91 Å². The summed E-state index contributed by atoms with van der Waals surface area (Å²) in [5.74, 6) is -0.447. The van der Waals surface area contributed by atoms with E-state index < -0.39 is 0 Å². The van der Waals surface area contributed by atoms with Crippen LogP contribution in [-0.2, 0) is 14.3 Å². The lowest BCUT2D eigenvalue weighted by Crippen LogP contribution is -2.24. The van der Waals surface area contributed by atoms with Gasteiger partial charge in [-0.2, -0.15) is 0 Å². The number of carbonyl (C=O) groups is 2. The Balaban J connectivity index is 0. The molecule has 0 aromatic heterocycles. The first-order valence-corrected chi connectivity index (χ1v) is 4.00. The molecular weight excluding hydrogens is 158 g/mol. The van der Waals surface area contributed by atoms with E-state index in [-0.39, 0.29) is 18.5 Å². The fourth-order valence-electron chi connectivity index (χ4n) is 0.422. The highest BCUT2D eigenvalue weighted by Crippen LogP contribution is 1.73. The van der Waals surface area contributed by atoms with Crippen molar-refractivity contribution < 1.29 is 14.3 Å². The van der Waals surface area contributed by atoms with Crippen LogP contribution in [0, 0.1) is 0 Å². The molecule has 0 rings (SSSR count). The summed E-state index contributed by atoms with van der Waals surface area (Å²) in [4.78, 5) is 20.4. The van der Waals surface area contributed by atoms with Crippen molar-refractivity contribution in [3.05, 3.63) is 0 Å². The number of rotatable bonds is 3. The van der Waals surface area contributed by atoms with Gasteiger partial charge in [-0.15, -0.1) is 0 Å². The molecule has 0 aliphatic rings. The molecule has 0 saturated heterocycles. The van der Waals surface area contributed by atoms with Crippen LogP contribution in [-0.4, -0.2) is 25.0 Å². The van der Waals surface area contributed by atoms with Crippen LogP contribution in [0.4, 0.5) is 0 Å². The van der Waals surface area contributed by atoms with Gasteiger partial charge in [-0.3, -0.25) is 9.59 Å². The molecule has 0 aliphatic heterocycles. The van der Waals surface area contributed by atoms with E-state index in [0.29, 0.717) is 6.54 Å². The van der Waals surface area contributed by atoms with Crippen molar-refractivity contribution in [2.75, 3.05) is 13.2 Å². The lowest BCUT2D eigenvalue weighted by atomic mass is 10.6. The highest BCUT2D eigenvalue weighted by molar-refractivity contribution is 5.72. The summed E-state index contributed by atoms with van der Waals surface area (Å²) in [5, 5.41) is 2.48. The van der Waals surface area contributed by atoms with Crippen LogP contribution in [0.2, 0.25) is 0 Å². The summed E-state index contributed by atoms with van der Waals surface area (Å²) >= 11 is 0. The van der Waals surface area contributed by atoms with Crippen molar-refractivity contribution in [2.24, 2.45) is 0 Å². The zero-order chi connectivity index (χ0) is 9.98. The molecule has 1 N–H and O–H groups in total. The van der Waals surface area contributed by atoms with Gasteiger partial charge in [0.05, 0.1) is 6.54 Å². The fraction of sp³-hybridized carbons (Fsp3) is 0.750. The zero-order valence-corrected chi connectivity index (χ0v) is 8.14. The van der Waals surface area contributed by atoms with Gasteiger partial charge >= 0.3 is 5.97 Å². The quantitative estimate of drug-likeness (QED) is 0.507. The standard InChI is InChI=1S/C6H11NO3.C2H6/c1-5(8)7-3-4-10-6(2)9;1-2/h3-4H2,1-2H3,(H,7,8);1-2H3. The normalized spacial score (nSPS) is 7.67. The average Bonchev–Trinajstić information content (AvgIpc) is 2.02. The lowest BCUT2D eigenvalue weighted by Gasteiger charge is -2.00. The number of esters is 1.